The first-order valence-electron chi connectivity index (χ1n) is 9.69. The van der Waals surface area contributed by atoms with E-state index in [2.05, 4.69) is 17.4 Å². The summed E-state index contributed by atoms with van der Waals surface area (Å²) >= 11 is 0. The van der Waals surface area contributed by atoms with E-state index >= 15 is 0 Å². The molecule has 1 aliphatic rings. The Hall–Kier alpha value is -3.14. The Morgan fingerprint density at radius 3 is 2.36 bits per heavy atom. The molecule has 1 aromatic heterocycles. The number of carbonyl (C=O) groups excluding carboxylic acids is 1. The third-order valence-electron chi connectivity index (χ3n) is 5.34. The highest BCUT2D eigenvalue weighted by molar-refractivity contribution is 5.93. The molecular weight excluding hydrogens is 350 g/mol. The van der Waals surface area contributed by atoms with Crippen molar-refractivity contribution in [2.75, 3.05) is 0 Å². The van der Waals surface area contributed by atoms with E-state index in [0.717, 1.165) is 36.0 Å². The van der Waals surface area contributed by atoms with E-state index in [1.807, 2.05) is 42.5 Å². The van der Waals surface area contributed by atoms with Gasteiger partial charge in [0.25, 0.3) is 5.91 Å². The van der Waals surface area contributed by atoms with Gasteiger partial charge in [-0.05, 0) is 42.4 Å². The molecule has 142 valence electrons. The Morgan fingerprint density at radius 1 is 1.04 bits per heavy atom. The van der Waals surface area contributed by atoms with Crippen molar-refractivity contribution in [1.82, 2.24) is 5.32 Å². The highest BCUT2D eigenvalue weighted by Crippen LogP contribution is 2.36. The van der Waals surface area contributed by atoms with Gasteiger partial charge in [0, 0.05) is 12.6 Å². The van der Waals surface area contributed by atoms with Crippen LogP contribution >= 0.6 is 0 Å². The molecule has 0 radical (unpaired) electrons. The molecule has 1 saturated carbocycles. The lowest BCUT2D eigenvalue weighted by Gasteiger charge is -2.26. The van der Waals surface area contributed by atoms with Crippen LogP contribution in [0.1, 0.15) is 52.6 Å². The SMILES string of the molecule is Cc1cc(=O)c(C2CCC2)c(C(=O)NCc2ccc(-c3ccccc3)cc2)o1. The maximum Gasteiger partial charge on any atom is 0.287 e. The van der Waals surface area contributed by atoms with Crippen molar-refractivity contribution in [3.63, 3.8) is 0 Å². The fraction of sp³-hybridized carbons (Fsp3) is 0.250. The van der Waals surface area contributed by atoms with E-state index in [1.54, 1.807) is 6.92 Å². The number of rotatable bonds is 5. The van der Waals surface area contributed by atoms with Gasteiger partial charge in [0.05, 0.1) is 5.56 Å². The molecule has 4 heteroatoms. The Morgan fingerprint density at radius 2 is 1.71 bits per heavy atom. The molecule has 0 saturated heterocycles. The van der Waals surface area contributed by atoms with E-state index in [0.29, 0.717) is 17.9 Å². The number of carbonyl (C=O) groups is 1. The molecule has 0 spiro atoms. The van der Waals surface area contributed by atoms with Gasteiger partial charge in [-0.15, -0.1) is 0 Å². The highest BCUT2D eigenvalue weighted by Gasteiger charge is 2.29. The summed E-state index contributed by atoms with van der Waals surface area (Å²) in [7, 11) is 0. The van der Waals surface area contributed by atoms with E-state index in [1.165, 1.54) is 6.07 Å². The van der Waals surface area contributed by atoms with Crippen LogP contribution in [0.4, 0.5) is 0 Å². The predicted molar refractivity (Wildman–Crippen MR) is 109 cm³/mol. The van der Waals surface area contributed by atoms with Gasteiger partial charge in [-0.1, -0.05) is 61.0 Å². The van der Waals surface area contributed by atoms with Crippen LogP contribution in [0.3, 0.4) is 0 Å². The van der Waals surface area contributed by atoms with Crippen molar-refractivity contribution in [1.29, 1.82) is 0 Å². The van der Waals surface area contributed by atoms with Gasteiger partial charge in [0.15, 0.2) is 11.2 Å². The quantitative estimate of drug-likeness (QED) is 0.698. The fourth-order valence-corrected chi connectivity index (χ4v) is 3.58. The van der Waals surface area contributed by atoms with Crippen LogP contribution in [0.15, 0.2) is 69.9 Å². The lowest BCUT2D eigenvalue weighted by atomic mass is 9.79. The lowest BCUT2D eigenvalue weighted by Crippen LogP contribution is -2.29. The minimum Gasteiger partial charge on any atom is -0.456 e. The minimum absolute atomic E-state index is 0.0918. The standard InChI is InChI=1S/C24H23NO3/c1-16-14-21(26)22(20-8-5-9-20)23(28-16)24(27)25-15-17-10-12-19(13-11-17)18-6-3-2-4-7-18/h2-4,6-7,10-14,20H,5,8-9,15H2,1H3,(H,25,27). The molecule has 0 atom stereocenters. The van der Waals surface area contributed by atoms with E-state index in [9.17, 15) is 9.59 Å². The number of amides is 1. The van der Waals surface area contributed by atoms with Crippen LogP contribution in [-0.4, -0.2) is 5.91 Å². The van der Waals surface area contributed by atoms with Gasteiger partial charge in [0.1, 0.15) is 5.76 Å². The lowest BCUT2D eigenvalue weighted by molar-refractivity contribution is 0.0915. The highest BCUT2D eigenvalue weighted by atomic mass is 16.3. The minimum atomic E-state index is -0.324. The zero-order chi connectivity index (χ0) is 19.5. The van der Waals surface area contributed by atoms with E-state index in [4.69, 9.17) is 4.42 Å². The molecular formula is C24H23NO3. The first-order chi connectivity index (χ1) is 13.6. The van der Waals surface area contributed by atoms with Gasteiger partial charge in [-0.2, -0.15) is 0 Å². The van der Waals surface area contributed by atoms with Crippen LogP contribution in [0, 0.1) is 6.92 Å². The molecule has 3 aromatic rings. The summed E-state index contributed by atoms with van der Waals surface area (Å²) in [4.78, 5) is 25.1. The Bertz CT molecular complexity index is 1030. The zero-order valence-electron chi connectivity index (χ0n) is 15.9. The van der Waals surface area contributed by atoms with Gasteiger partial charge < -0.3 is 9.73 Å². The molecule has 1 fully saturated rings. The molecule has 4 nitrogen and oxygen atoms in total. The molecule has 4 rings (SSSR count). The third-order valence-corrected chi connectivity index (χ3v) is 5.34. The Balaban J connectivity index is 1.48. The third kappa shape index (κ3) is 3.77. The van der Waals surface area contributed by atoms with Crippen LogP contribution in [-0.2, 0) is 6.54 Å². The summed E-state index contributed by atoms with van der Waals surface area (Å²) in [6, 6.07) is 19.7. The van der Waals surface area contributed by atoms with Crippen LogP contribution in [0.2, 0.25) is 0 Å². The van der Waals surface area contributed by atoms with E-state index < -0.39 is 0 Å². The first-order valence-corrected chi connectivity index (χ1v) is 9.69. The number of hydrogen-bond donors (Lipinski definition) is 1. The van der Waals surface area contributed by atoms with Crippen molar-refractivity contribution < 1.29 is 9.21 Å². The molecule has 1 N–H and O–H groups in total. The topological polar surface area (TPSA) is 59.3 Å². The Labute approximate surface area is 164 Å². The monoisotopic (exact) mass is 373 g/mol. The largest absolute Gasteiger partial charge is 0.456 e. The van der Waals surface area contributed by atoms with Gasteiger partial charge in [0.2, 0.25) is 0 Å². The van der Waals surface area contributed by atoms with Crippen LogP contribution in [0.5, 0.6) is 0 Å². The molecule has 0 unspecified atom stereocenters. The zero-order valence-corrected chi connectivity index (χ0v) is 15.9. The second-order valence-electron chi connectivity index (χ2n) is 7.34. The Kier molecular flexibility index (Phi) is 5.11. The molecule has 1 aliphatic carbocycles. The fourth-order valence-electron chi connectivity index (χ4n) is 3.58. The van der Waals surface area contributed by atoms with Crippen molar-refractivity contribution in [3.05, 3.63) is 93.5 Å². The second kappa shape index (κ2) is 7.85. The smallest absolute Gasteiger partial charge is 0.287 e. The molecule has 1 heterocycles. The molecule has 0 aliphatic heterocycles. The summed E-state index contributed by atoms with van der Waals surface area (Å²) in [5, 5.41) is 2.90. The first kappa shape index (κ1) is 18.2. The number of aryl methyl sites for hydroxylation is 1. The normalized spacial score (nSPS) is 13.8. The summed E-state index contributed by atoms with van der Waals surface area (Å²) in [6.07, 6.45) is 2.97. The summed E-state index contributed by atoms with van der Waals surface area (Å²) in [5.41, 5.74) is 3.73. The summed E-state index contributed by atoms with van der Waals surface area (Å²) in [5.74, 6) is 0.457. The number of nitrogens with one attached hydrogen (secondary N) is 1. The summed E-state index contributed by atoms with van der Waals surface area (Å²) < 4.78 is 5.66. The predicted octanol–water partition coefficient (Wildman–Crippen LogP) is 4.81. The average Bonchev–Trinajstić information content (AvgIpc) is 2.67. The molecule has 28 heavy (non-hydrogen) atoms. The molecule has 0 bridgehead atoms. The van der Waals surface area contributed by atoms with Crippen LogP contribution < -0.4 is 10.7 Å². The van der Waals surface area contributed by atoms with Crippen molar-refractivity contribution in [2.45, 2.75) is 38.6 Å². The van der Waals surface area contributed by atoms with Crippen LogP contribution in [0.25, 0.3) is 11.1 Å². The maximum atomic E-state index is 12.7. The van der Waals surface area contributed by atoms with Gasteiger partial charge in [-0.3, -0.25) is 9.59 Å². The summed E-state index contributed by atoms with van der Waals surface area (Å²) in [6.45, 7) is 2.08. The average molecular weight is 373 g/mol. The van der Waals surface area contributed by atoms with Crippen molar-refractivity contribution in [2.24, 2.45) is 0 Å². The molecule has 2 aromatic carbocycles. The molecule has 1 amide bonds. The van der Waals surface area contributed by atoms with E-state index in [-0.39, 0.29) is 23.0 Å². The maximum absolute atomic E-state index is 12.7. The van der Waals surface area contributed by atoms with Crippen molar-refractivity contribution >= 4 is 5.91 Å². The second-order valence-corrected chi connectivity index (χ2v) is 7.34. The van der Waals surface area contributed by atoms with Gasteiger partial charge >= 0.3 is 0 Å². The number of hydrogen-bond acceptors (Lipinski definition) is 3. The van der Waals surface area contributed by atoms with Crippen molar-refractivity contribution in [3.8, 4) is 11.1 Å². The number of benzene rings is 2. The van der Waals surface area contributed by atoms with Gasteiger partial charge in [-0.25, -0.2) is 0 Å².